The molecular formula is C15H15NO. The van der Waals surface area contributed by atoms with Crippen molar-refractivity contribution in [3.8, 4) is 0 Å². The molecule has 1 N–H and O–H groups in total. The number of benzene rings is 2. The number of fused-ring (bicyclic) bond motifs is 3. The van der Waals surface area contributed by atoms with Crippen molar-refractivity contribution in [3.63, 3.8) is 0 Å². The van der Waals surface area contributed by atoms with Crippen molar-refractivity contribution in [2.75, 3.05) is 0 Å². The van der Waals surface area contributed by atoms with Gasteiger partial charge in [-0.25, -0.2) is 0 Å². The van der Waals surface area contributed by atoms with Crippen LogP contribution >= 0.6 is 0 Å². The predicted molar refractivity (Wildman–Crippen MR) is 71.1 cm³/mol. The summed E-state index contributed by atoms with van der Waals surface area (Å²) in [7, 11) is 2.08. The molecule has 17 heavy (non-hydrogen) atoms. The maximum absolute atomic E-state index is 9.22. The van der Waals surface area contributed by atoms with Crippen molar-refractivity contribution in [1.82, 2.24) is 4.57 Å². The Balaban J connectivity index is 2.51. The van der Waals surface area contributed by atoms with Crippen LogP contribution in [0.5, 0.6) is 0 Å². The van der Waals surface area contributed by atoms with Crippen LogP contribution in [0.4, 0.5) is 0 Å². The zero-order valence-electron chi connectivity index (χ0n) is 10.1. The summed E-state index contributed by atoms with van der Waals surface area (Å²) in [5, 5.41) is 11.7. The minimum Gasteiger partial charge on any atom is -0.392 e. The summed E-state index contributed by atoms with van der Waals surface area (Å²) < 4.78 is 2.20. The number of aromatic nitrogens is 1. The molecule has 0 atom stereocenters. The third kappa shape index (κ3) is 1.45. The molecule has 0 unspecified atom stereocenters. The lowest BCUT2D eigenvalue weighted by atomic mass is 10.1. The molecule has 0 radical (unpaired) electrons. The summed E-state index contributed by atoms with van der Waals surface area (Å²) in [5.41, 5.74) is 4.68. The van der Waals surface area contributed by atoms with Gasteiger partial charge in [-0.15, -0.1) is 0 Å². The Bertz CT molecular complexity index is 710. The first kappa shape index (κ1) is 10.4. The summed E-state index contributed by atoms with van der Waals surface area (Å²) in [4.78, 5) is 0. The van der Waals surface area contributed by atoms with Crippen molar-refractivity contribution in [3.05, 3.63) is 47.5 Å². The van der Waals surface area contributed by atoms with Gasteiger partial charge in [0, 0.05) is 28.9 Å². The molecule has 2 nitrogen and oxygen atoms in total. The van der Waals surface area contributed by atoms with Crippen LogP contribution in [0.2, 0.25) is 0 Å². The highest BCUT2D eigenvalue weighted by Crippen LogP contribution is 2.29. The number of aliphatic hydroxyl groups is 1. The van der Waals surface area contributed by atoms with Crippen LogP contribution < -0.4 is 0 Å². The molecule has 0 aliphatic carbocycles. The van der Waals surface area contributed by atoms with E-state index in [9.17, 15) is 5.11 Å². The number of aryl methyl sites for hydroxylation is 2. The Morgan fingerprint density at radius 2 is 1.65 bits per heavy atom. The second kappa shape index (κ2) is 3.60. The predicted octanol–water partition coefficient (Wildman–Crippen LogP) is 3.13. The number of rotatable bonds is 1. The van der Waals surface area contributed by atoms with Crippen molar-refractivity contribution in [1.29, 1.82) is 0 Å². The van der Waals surface area contributed by atoms with Gasteiger partial charge in [0.05, 0.1) is 6.61 Å². The number of nitrogens with zero attached hydrogens (tertiary/aromatic N) is 1. The highest BCUT2D eigenvalue weighted by atomic mass is 16.3. The van der Waals surface area contributed by atoms with E-state index in [1.807, 2.05) is 6.07 Å². The van der Waals surface area contributed by atoms with Gasteiger partial charge in [-0.05, 0) is 36.8 Å². The summed E-state index contributed by atoms with van der Waals surface area (Å²) in [6.07, 6.45) is 0. The molecule has 0 bridgehead atoms. The van der Waals surface area contributed by atoms with E-state index in [0.29, 0.717) is 0 Å². The second-order valence-corrected chi connectivity index (χ2v) is 4.59. The fourth-order valence-electron chi connectivity index (χ4n) is 2.48. The van der Waals surface area contributed by atoms with E-state index in [1.165, 1.54) is 27.4 Å². The molecule has 0 spiro atoms. The van der Waals surface area contributed by atoms with Crippen LogP contribution in [0, 0.1) is 6.92 Å². The number of aliphatic hydroxyl groups excluding tert-OH is 1. The van der Waals surface area contributed by atoms with E-state index >= 15 is 0 Å². The highest BCUT2D eigenvalue weighted by Gasteiger charge is 2.08. The third-order valence-electron chi connectivity index (χ3n) is 3.41. The van der Waals surface area contributed by atoms with Crippen molar-refractivity contribution < 1.29 is 5.11 Å². The molecule has 0 saturated carbocycles. The standard InChI is InChI=1S/C15H15NO/c1-10-3-5-14-12(7-10)13-8-11(9-17)4-6-15(13)16(14)2/h3-8,17H,9H2,1-2H3. The van der Waals surface area contributed by atoms with E-state index in [2.05, 4.69) is 48.9 Å². The molecular weight excluding hydrogens is 210 g/mol. The first-order valence-corrected chi connectivity index (χ1v) is 5.79. The van der Waals surface area contributed by atoms with Crippen molar-refractivity contribution in [2.24, 2.45) is 7.05 Å². The van der Waals surface area contributed by atoms with E-state index in [0.717, 1.165) is 5.56 Å². The van der Waals surface area contributed by atoms with Crippen LogP contribution in [-0.2, 0) is 13.7 Å². The average molecular weight is 225 g/mol. The second-order valence-electron chi connectivity index (χ2n) is 4.59. The van der Waals surface area contributed by atoms with Gasteiger partial charge in [-0.1, -0.05) is 17.7 Å². The van der Waals surface area contributed by atoms with Crippen molar-refractivity contribution in [2.45, 2.75) is 13.5 Å². The maximum Gasteiger partial charge on any atom is 0.0682 e. The SMILES string of the molecule is Cc1ccc2c(c1)c1cc(CO)ccc1n2C. The molecule has 0 fully saturated rings. The summed E-state index contributed by atoms with van der Waals surface area (Å²) >= 11 is 0. The normalized spacial score (nSPS) is 11.5. The zero-order chi connectivity index (χ0) is 12.0. The summed E-state index contributed by atoms with van der Waals surface area (Å²) in [6, 6.07) is 12.6. The molecule has 2 aromatic carbocycles. The summed E-state index contributed by atoms with van der Waals surface area (Å²) in [5.74, 6) is 0. The number of hydrogen-bond acceptors (Lipinski definition) is 1. The van der Waals surface area contributed by atoms with E-state index in [-0.39, 0.29) is 6.61 Å². The van der Waals surface area contributed by atoms with E-state index in [1.54, 1.807) is 0 Å². The van der Waals surface area contributed by atoms with Gasteiger partial charge in [0.1, 0.15) is 0 Å². The van der Waals surface area contributed by atoms with Gasteiger partial charge in [0.2, 0.25) is 0 Å². The van der Waals surface area contributed by atoms with Gasteiger partial charge in [0.25, 0.3) is 0 Å². The molecule has 86 valence electrons. The lowest BCUT2D eigenvalue weighted by Crippen LogP contribution is -1.87. The van der Waals surface area contributed by atoms with Crippen molar-refractivity contribution >= 4 is 21.8 Å². The maximum atomic E-state index is 9.22. The Morgan fingerprint density at radius 1 is 1.00 bits per heavy atom. The summed E-state index contributed by atoms with van der Waals surface area (Å²) in [6.45, 7) is 2.20. The van der Waals surface area contributed by atoms with Gasteiger partial charge >= 0.3 is 0 Å². The Kier molecular flexibility index (Phi) is 2.20. The van der Waals surface area contributed by atoms with Crippen LogP contribution in [0.15, 0.2) is 36.4 Å². The molecule has 0 aliphatic heterocycles. The van der Waals surface area contributed by atoms with Crippen LogP contribution in [-0.4, -0.2) is 9.67 Å². The zero-order valence-corrected chi connectivity index (χ0v) is 10.1. The minimum absolute atomic E-state index is 0.0954. The van der Waals surface area contributed by atoms with Gasteiger partial charge < -0.3 is 9.67 Å². The van der Waals surface area contributed by atoms with Crippen LogP contribution in [0.25, 0.3) is 21.8 Å². The smallest absolute Gasteiger partial charge is 0.0682 e. The van der Waals surface area contributed by atoms with Crippen LogP contribution in [0.3, 0.4) is 0 Å². The average Bonchev–Trinajstić information content (AvgIpc) is 2.62. The van der Waals surface area contributed by atoms with Gasteiger partial charge in [-0.2, -0.15) is 0 Å². The fraction of sp³-hybridized carbons (Fsp3) is 0.200. The molecule has 0 saturated heterocycles. The molecule has 1 aromatic heterocycles. The molecule has 3 rings (SSSR count). The first-order valence-electron chi connectivity index (χ1n) is 5.79. The molecule has 0 amide bonds. The van der Waals surface area contributed by atoms with Gasteiger partial charge in [-0.3, -0.25) is 0 Å². The lowest BCUT2D eigenvalue weighted by Gasteiger charge is -1.98. The van der Waals surface area contributed by atoms with E-state index < -0.39 is 0 Å². The van der Waals surface area contributed by atoms with E-state index in [4.69, 9.17) is 0 Å². The monoisotopic (exact) mass is 225 g/mol. The third-order valence-corrected chi connectivity index (χ3v) is 3.41. The molecule has 1 heterocycles. The molecule has 0 aliphatic rings. The molecule has 3 aromatic rings. The topological polar surface area (TPSA) is 25.2 Å². The minimum atomic E-state index is 0.0954. The quantitative estimate of drug-likeness (QED) is 0.676. The van der Waals surface area contributed by atoms with Crippen LogP contribution in [0.1, 0.15) is 11.1 Å². The molecule has 2 heteroatoms. The fourth-order valence-corrected chi connectivity index (χ4v) is 2.48. The lowest BCUT2D eigenvalue weighted by molar-refractivity contribution is 0.282. The largest absolute Gasteiger partial charge is 0.392 e. The Hall–Kier alpha value is -1.80. The highest BCUT2D eigenvalue weighted by molar-refractivity contribution is 6.08. The Morgan fingerprint density at radius 3 is 2.35 bits per heavy atom. The number of hydrogen-bond donors (Lipinski definition) is 1. The van der Waals surface area contributed by atoms with Gasteiger partial charge in [0.15, 0.2) is 0 Å². The first-order chi connectivity index (χ1) is 8.20. The Labute approximate surface area is 100 Å².